The summed E-state index contributed by atoms with van der Waals surface area (Å²) >= 11 is 3.46. The van der Waals surface area contributed by atoms with Crippen LogP contribution in [0.15, 0.2) is 28.7 Å². The van der Waals surface area contributed by atoms with E-state index in [-0.39, 0.29) is 30.7 Å². The van der Waals surface area contributed by atoms with Gasteiger partial charge in [-0.3, -0.25) is 4.79 Å². The molecule has 7 nitrogen and oxygen atoms in total. The summed E-state index contributed by atoms with van der Waals surface area (Å²) < 4.78 is 6.63. The topological polar surface area (TPSA) is 65.1 Å². The Labute approximate surface area is 161 Å². The lowest BCUT2D eigenvalue weighted by Crippen LogP contribution is -2.63. The third-order valence-electron chi connectivity index (χ3n) is 5.34. The third-order valence-corrected chi connectivity index (χ3v) is 5.87. The van der Waals surface area contributed by atoms with Gasteiger partial charge in [-0.2, -0.15) is 0 Å². The highest BCUT2D eigenvalue weighted by molar-refractivity contribution is 9.10. The van der Waals surface area contributed by atoms with E-state index in [2.05, 4.69) is 38.3 Å². The Hall–Kier alpha value is -1.80. The van der Waals surface area contributed by atoms with E-state index in [1.165, 1.54) is 5.69 Å². The Kier molecular flexibility index (Phi) is 5.04. The van der Waals surface area contributed by atoms with Crippen LogP contribution in [0.3, 0.4) is 0 Å². The van der Waals surface area contributed by atoms with Gasteiger partial charge in [-0.1, -0.05) is 15.9 Å². The number of piperazine rings is 1. The van der Waals surface area contributed by atoms with Gasteiger partial charge in [-0.05, 0) is 30.7 Å². The average molecular weight is 423 g/mol. The number of likely N-dealkylation sites (tertiary alicyclic amines) is 1. The molecule has 3 saturated heterocycles. The fourth-order valence-corrected chi connectivity index (χ4v) is 4.15. The fraction of sp³-hybridized carbons (Fsp3) is 0.556. The average Bonchev–Trinajstić information content (AvgIpc) is 2.67. The van der Waals surface area contributed by atoms with E-state index in [9.17, 15) is 9.59 Å². The predicted molar refractivity (Wildman–Crippen MR) is 101 cm³/mol. The number of ether oxygens (including phenoxy) is 1. The molecule has 1 aromatic carbocycles. The van der Waals surface area contributed by atoms with Crippen molar-refractivity contribution in [1.82, 2.24) is 15.1 Å². The van der Waals surface area contributed by atoms with Crippen molar-refractivity contribution in [3.8, 4) is 0 Å². The van der Waals surface area contributed by atoms with Crippen molar-refractivity contribution < 1.29 is 14.3 Å². The predicted octanol–water partition coefficient (Wildman–Crippen LogP) is 1.28. The summed E-state index contributed by atoms with van der Waals surface area (Å²) in [5.74, 6) is -0.0938. The zero-order valence-electron chi connectivity index (χ0n) is 14.6. The number of urea groups is 1. The van der Waals surface area contributed by atoms with Crippen LogP contribution in [0.4, 0.5) is 10.5 Å². The summed E-state index contributed by atoms with van der Waals surface area (Å²) in [5, 5.41) is 2.95. The molecule has 0 aromatic heterocycles. The molecule has 0 aliphatic carbocycles. The first-order valence-electron chi connectivity index (χ1n) is 9.05. The summed E-state index contributed by atoms with van der Waals surface area (Å²) in [6.45, 7) is 4.42. The van der Waals surface area contributed by atoms with Gasteiger partial charge in [-0.15, -0.1) is 0 Å². The lowest BCUT2D eigenvalue weighted by Gasteiger charge is -2.44. The molecule has 2 atom stereocenters. The van der Waals surface area contributed by atoms with Crippen molar-refractivity contribution in [3.63, 3.8) is 0 Å². The number of fused-ring (bicyclic) bond motifs is 1. The molecule has 0 saturated carbocycles. The van der Waals surface area contributed by atoms with E-state index in [0.29, 0.717) is 26.2 Å². The SMILES string of the molecule is O=C1CO[C@H]2CCN(C(=O)N3CCN(c4ccc(Br)cc4)CC3)C[C@H]2N1. The molecule has 8 heteroatoms. The number of nitrogens with one attached hydrogen (secondary N) is 1. The van der Waals surface area contributed by atoms with Crippen molar-refractivity contribution in [3.05, 3.63) is 28.7 Å². The lowest BCUT2D eigenvalue weighted by molar-refractivity contribution is -0.139. The van der Waals surface area contributed by atoms with Crippen LogP contribution in [0.2, 0.25) is 0 Å². The molecule has 140 valence electrons. The third kappa shape index (κ3) is 3.66. The fourth-order valence-electron chi connectivity index (χ4n) is 3.88. The number of rotatable bonds is 1. The number of nitrogens with zero attached hydrogens (tertiary/aromatic N) is 3. The van der Waals surface area contributed by atoms with Crippen molar-refractivity contribution in [1.29, 1.82) is 0 Å². The van der Waals surface area contributed by atoms with Crippen molar-refractivity contribution in [2.45, 2.75) is 18.6 Å². The number of benzene rings is 1. The molecule has 3 aliphatic heterocycles. The van der Waals surface area contributed by atoms with Crippen LogP contribution in [0.1, 0.15) is 6.42 Å². The van der Waals surface area contributed by atoms with E-state index < -0.39 is 0 Å². The highest BCUT2D eigenvalue weighted by Gasteiger charge is 2.37. The molecular weight excluding hydrogens is 400 g/mol. The van der Waals surface area contributed by atoms with Gasteiger partial charge in [0.1, 0.15) is 6.61 Å². The van der Waals surface area contributed by atoms with Crippen molar-refractivity contribution in [2.75, 3.05) is 50.8 Å². The molecule has 3 heterocycles. The molecule has 0 radical (unpaired) electrons. The van der Waals surface area contributed by atoms with E-state index in [1.54, 1.807) is 0 Å². The molecule has 0 unspecified atom stereocenters. The van der Waals surface area contributed by atoms with E-state index in [1.807, 2.05) is 21.9 Å². The number of carbonyl (C=O) groups is 2. The van der Waals surface area contributed by atoms with Crippen LogP contribution in [0, 0.1) is 0 Å². The van der Waals surface area contributed by atoms with Gasteiger partial charge in [-0.25, -0.2) is 4.79 Å². The molecule has 26 heavy (non-hydrogen) atoms. The number of hydrogen-bond acceptors (Lipinski definition) is 4. The number of amides is 3. The van der Waals surface area contributed by atoms with Crippen LogP contribution in [-0.4, -0.2) is 79.8 Å². The summed E-state index contributed by atoms with van der Waals surface area (Å²) in [6.07, 6.45) is 0.807. The number of morpholine rings is 1. The first-order chi connectivity index (χ1) is 12.6. The maximum atomic E-state index is 12.9. The first kappa shape index (κ1) is 17.6. The van der Waals surface area contributed by atoms with Gasteiger partial charge < -0.3 is 24.8 Å². The largest absolute Gasteiger partial charge is 0.368 e. The Morgan fingerprint density at radius 3 is 2.54 bits per heavy atom. The Morgan fingerprint density at radius 1 is 1.08 bits per heavy atom. The van der Waals surface area contributed by atoms with E-state index in [0.717, 1.165) is 24.0 Å². The summed E-state index contributed by atoms with van der Waals surface area (Å²) in [7, 11) is 0. The zero-order chi connectivity index (χ0) is 18.1. The Bertz CT molecular complexity index is 676. The first-order valence-corrected chi connectivity index (χ1v) is 9.85. The Morgan fingerprint density at radius 2 is 1.81 bits per heavy atom. The van der Waals surface area contributed by atoms with Gasteiger partial charge in [0.15, 0.2) is 0 Å². The van der Waals surface area contributed by atoms with Crippen LogP contribution < -0.4 is 10.2 Å². The Balaban J connectivity index is 1.32. The second kappa shape index (κ2) is 7.44. The lowest BCUT2D eigenvalue weighted by atomic mass is 10.0. The van der Waals surface area contributed by atoms with E-state index in [4.69, 9.17) is 4.74 Å². The van der Waals surface area contributed by atoms with Crippen LogP contribution in [0.5, 0.6) is 0 Å². The smallest absolute Gasteiger partial charge is 0.320 e. The van der Waals surface area contributed by atoms with Crippen molar-refractivity contribution >= 4 is 33.6 Å². The quantitative estimate of drug-likeness (QED) is 0.740. The molecule has 4 rings (SSSR count). The molecule has 3 aliphatic rings. The normalized spacial score (nSPS) is 26.3. The highest BCUT2D eigenvalue weighted by atomic mass is 79.9. The summed E-state index contributed by atoms with van der Waals surface area (Å²) in [4.78, 5) is 30.5. The molecule has 1 aromatic rings. The maximum absolute atomic E-state index is 12.9. The molecule has 0 spiro atoms. The number of hydrogen-bond donors (Lipinski definition) is 1. The zero-order valence-corrected chi connectivity index (χ0v) is 16.2. The van der Waals surface area contributed by atoms with Gasteiger partial charge in [0, 0.05) is 49.4 Å². The monoisotopic (exact) mass is 422 g/mol. The second-order valence-electron chi connectivity index (χ2n) is 6.99. The van der Waals surface area contributed by atoms with Gasteiger partial charge in [0.25, 0.3) is 0 Å². The number of carbonyl (C=O) groups excluding carboxylic acids is 2. The highest BCUT2D eigenvalue weighted by Crippen LogP contribution is 2.22. The second-order valence-corrected chi connectivity index (χ2v) is 7.91. The summed E-state index contributed by atoms with van der Waals surface area (Å²) in [5.41, 5.74) is 1.18. The number of halogens is 1. The summed E-state index contributed by atoms with van der Waals surface area (Å²) in [6, 6.07) is 8.25. The molecule has 3 fully saturated rings. The number of anilines is 1. The maximum Gasteiger partial charge on any atom is 0.320 e. The van der Waals surface area contributed by atoms with Gasteiger partial charge >= 0.3 is 6.03 Å². The van der Waals surface area contributed by atoms with Crippen molar-refractivity contribution in [2.24, 2.45) is 0 Å². The molecular formula is C18H23BrN4O3. The van der Waals surface area contributed by atoms with Gasteiger partial charge in [0.05, 0.1) is 12.1 Å². The molecule has 1 N–H and O–H groups in total. The van der Waals surface area contributed by atoms with Crippen LogP contribution in [0.25, 0.3) is 0 Å². The van der Waals surface area contributed by atoms with Gasteiger partial charge in [0.2, 0.25) is 5.91 Å². The minimum Gasteiger partial charge on any atom is -0.368 e. The molecule has 0 bridgehead atoms. The number of piperidine rings is 1. The minimum atomic E-state index is -0.0938. The minimum absolute atomic E-state index is 0.0333. The molecule has 3 amide bonds. The van der Waals surface area contributed by atoms with Crippen LogP contribution >= 0.6 is 15.9 Å². The standard InChI is InChI=1S/C18H23BrN4O3/c19-13-1-3-14(4-2-13)21-7-9-22(10-8-21)18(25)23-6-5-16-15(11-23)20-17(24)12-26-16/h1-4,15-16H,5-12H2,(H,20,24)/t15-,16+/m1/s1. The van der Waals surface area contributed by atoms with E-state index >= 15 is 0 Å². The van der Waals surface area contributed by atoms with Crippen LogP contribution in [-0.2, 0) is 9.53 Å².